The van der Waals surface area contributed by atoms with Gasteiger partial charge in [-0.1, -0.05) is 13.0 Å². The SMILES string of the molecule is CCC(O)CNCCCCc1ccc(O)c2c1CCC(=O)N2. The number of anilines is 1. The van der Waals surface area contributed by atoms with Crippen molar-refractivity contribution >= 4 is 11.6 Å². The van der Waals surface area contributed by atoms with Gasteiger partial charge in [0.15, 0.2) is 0 Å². The number of phenolic OH excluding ortho intramolecular Hbond substituents is 1. The highest BCUT2D eigenvalue weighted by Crippen LogP contribution is 2.34. The van der Waals surface area contributed by atoms with Crippen LogP contribution in [0.1, 0.15) is 43.7 Å². The molecule has 0 saturated heterocycles. The molecule has 1 aliphatic rings. The second kappa shape index (κ2) is 8.15. The van der Waals surface area contributed by atoms with Crippen molar-refractivity contribution < 1.29 is 15.0 Å². The van der Waals surface area contributed by atoms with Crippen LogP contribution in [-0.2, 0) is 17.6 Å². The number of carbonyl (C=O) groups excluding carboxylic acids is 1. The predicted molar refractivity (Wildman–Crippen MR) is 87.2 cm³/mol. The number of aliphatic hydroxyl groups is 1. The standard InChI is InChI=1S/C17H26N2O3/c1-2-13(20)11-18-10-4-3-5-12-6-8-15(21)17-14(12)7-9-16(22)19-17/h6,8,13,18,20-21H,2-5,7,9-11H2,1H3,(H,19,22). The Morgan fingerprint density at radius 1 is 1.32 bits per heavy atom. The lowest BCUT2D eigenvalue weighted by Crippen LogP contribution is -2.27. The van der Waals surface area contributed by atoms with E-state index in [2.05, 4.69) is 10.6 Å². The largest absolute Gasteiger partial charge is 0.506 e. The lowest BCUT2D eigenvalue weighted by molar-refractivity contribution is -0.116. The van der Waals surface area contributed by atoms with Crippen LogP contribution in [0.3, 0.4) is 0 Å². The van der Waals surface area contributed by atoms with E-state index in [1.54, 1.807) is 6.07 Å². The van der Waals surface area contributed by atoms with E-state index in [1.807, 2.05) is 13.0 Å². The van der Waals surface area contributed by atoms with E-state index >= 15 is 0 Å². The zero-order chi connectivity index (χ0) is 15.9. The third-order valence-corrected chi connectivity index (χ3v) is 4.16. The summed E-state index contributed by atoms with van der Waals surface area (Å²) < 4.78 is 0. The topological polar surface area (TPSA) is 81.6 Å². The van der Waals surface area contributed by atoms with E-state index in [-0.39, 0.29) is 17.8 Å². The quantitative estimate of drug-likeness (QED) is 0.437. The highest BCUT2D eigenvalue weighted by Gasteiger charge is 2.20. The smallest absolute Gasteiger partial charge is 0.224 e. The number of aliphatic hydroxyl groups excluding tert-OH is 1. The Kier molecular flexibility index (Phi) is 6.21. The number of carbonyl (C=O) groups is 1. The zero-order valence-electron chi connectivity index (χ0n) is 13.2. The van der Waals surface area contributed by atoms with Crippen LogP contribution in [0.15, 0.2) is 12.1 Å². The Labute approximate surface area is 131 Å². The molecule has 0 saturated carbocycles. The average molecular weight is 306 g/mol. The second-order valence-corrected chi connectivity index (χ2v) is 5.87. The van der Waals surface area contributed by atoms with Crippen LogP contribution in [0.25, 0.3) is 0 Å². The molecule has 4 N–H and O–H groups in total. The average Bonchev–Trinajstić information content (AvgIpc) is 2.52. The second-order valence-electron chi connectivity index (χ2n) is 5.87. The van der Waals surface area contributed by atoms with Gasteiger partial charge in [-0.15, -0.1) is 0 Å². The van der Waals surface area contributed by atoms with Crippen LogP contribution >= 0.6 is 0 Å². The molecule has 1 unspecified atom stereocenters. The molecule has 2 rings (SSSR count). The van der Waals surface area contributed by atoms with Crippen molar-refractivity contribution in [3.8, 4) is 5.75 Å². The van der Waals surface area contributed by atoms with E-state index < -0.39 is 0 Å². The van der Waals surface area contributed by atoms with Gasteiger partial charge in [0.05, 0.1) is 11.8 Å². The lowest BCUT2D eigenvalue weighted by atomic mass is 9.93. The summed E-state index contributed by atoms with van der Waals surface area (Å²) in [5, 5.41) is 25.3. The fourth-order valence-electron chi connectivity index (χ4n) is 2.76. The molecule has 1 heterocycles. The van der Waals surface area contributed by atoms with Gasteiger partial charge in [-0.2, -0.15) is 0 Å². The number of hydrogen-bond acceptors (Lipinski definition) is 4. The van der Waals surface area contributed by atoms with Gasteiger partial charge in [0.25, 0.3) is 0 Å². The Bertz CT molecular complexity index is 517. The molecule has 122 valence electrons. The Balaban J connectivity index is 1.81. The minimum atomic E-state index is -0.257. The number of rotatable bonds is 8. The fraction of sp³-hybridized carbons (Fsp3) is 0.588. The maximum atomic E-state index is 11.5. The van der Waals surface area contributed by atoms with Crippen LogP contribution in [0.5, 0.6) is 5.75 Å². The van der Waals surface area contributed by atoms with E-state index in [9.17, 15) is 15.0 Å². The van der Waals surface area contributed by atoms with Crippen molar-refractivity contribution in [3.05, 3.63) is 23.3 Å². The molecule has 0 aromatic heterocycles. The summed E-state index contributed by atoms with van der Waals surface area (Å²) in [7, 11) is 0. The molecule has 1 amide bonds. The Hall–Kier alpha value is -1.59. The summed E-state index contributed by atoms with van der Waals surface area (Å²) >= 11 is 0. The van der Waals surface area contributed by atoms with Crippen molar-refractivity contribution in [2.75, 3.05) is 18.4 Å². The van der Waals surface area contributed by atoms with Crippen molar-refractivity contribution in [2.45, 2.75) is 51.6 Å². The monoisotopic (exact) mass is 306 g/mol. The summed E-state index contributed by atoms with van der Waals surface area (Å²) in [6, 6.07) is 3.62. The maximum Gasteiger partial charge on any atom is 0.224 e. The molecule has 0 spiro atoms. The van der Waals surface area contributed by atoms with Gasteiger partial charge in [-0.3, -0.25) is 4.79 Å². The van der Waals surface area contributed by atoms with Crippen molar-refractivity contribution in [3.63, 3.8) is 0 Å². The molecule has 0 bridgehead atoms. The molecule has 1 aromatic rings. The van der Waals surface area contributed by atoms with Gasteiger partial charge in [0, 0.05) is 13.0 Å². The molecule has 22 heavy (non-hydrogen) atoms. The number of aryl methyl sites for hydroxylation is 1. The first-order valence-electron chi connectivity index (χ1n) is 8.14. The van der Waals surface area contributed by atoms with Crippen molar-refractivity contribution in [1.82, 2.24) is 5.32 Å². The number of amides is 1. The molecule has 0 aliphatic carbocycles. The van der Waals surface area contributed by atoms with Crippen LogP contribution in [0.4, 0.5) is 5.69 Å². The summed E-state index contributed by atoms with van der Waals surface area (Å²) in [6.07, 6.45) is 4.73. The predicted octanol–water partition coefficient (Wildman–Crippen LogP) is 1.96. The number of hydrogen-bond donors (Lipinski definition) is 4. The zero-order valence-corrected chi connectivity index (χ0v) is 13.2. The van der Waals surface area contributed by atoms with Crippen LogP contribution in [0.2, 0.25) is 0 Å². The van der Waals surface area contributed by atoms with Crippen molar-refractivity contribution in [1.29, 1.82) is 0 Å². The van der Waals surface area contributed by atoms with Gasteiger partial charge in [0.1, 0.15) is 5.75 Å². The summed E-state index contributed by atoms with van der Waals surface area (Å²) in [4.78, 5) is 11.5. The molecule has 1 atom stereocenters. The van der Waals surface area contributed by atoms with Gasteiger partial charge in [-0.25, -0.2) is 0 Å². The molecule has 5 nitrogen and oxygen atoms in total. The van der Waals surface area contributed by atoms with E-state index in [4.69, 9.17) is 0 Å². The van der Waals surface area contributed by atoms with Gasteiger partial charge in [0.2, 0.25) is 5.91 Å². The summed E-state index contributed by atoms with van der Waals surface area (Å²) in [6.45, 7) is 3.52. The molecule has 1 aliphatic heterocycles. The Morgan fingerprint density at radius 3 is 2.91 bits per heavy atom. The third kappa shape index (κ3) is 4.45. The van der Waals surface area contributed by atoms with Gasteiger partial charge >= 0.3 is 0 Å². The normalized spacial score (nSPS) is 15.3. The lowest BCUT2D eigenvalue weighted by Gasteiger charge is -2.21. The molecule has 0 radical (unpaired) electrons. The third-order valence-electron chi connectivity index (χ3n) is 4.16. The minimum Gasteiger partial charge on any atom is -0.506 e. The van der Waals surface area contributed by atoms with Gasteiger partial charge in [-0.05, 0) is 55.8 Å². The minimum absolute atomic E-state index is 0.0290. The van der Waals surface area contributed by atoms with E-state index in [0.717, 1.165) is 37.8 Å². The molecular weight excluding hydrogens is 280 g/mol. The summed E-state index contributed by atoms with van der Waals surface area (Å²) in [5.41, 5.74) is 2.88. The van der Waals surface area contributed by atoms with Gasteiger partial charge < -0.3 is 20.8 Å². The van der Waals surface area contributed by atoms with Crippen LogP contribution < -0.4 is 10.6 Å². The molecule has 5 heteroatoms. The number of benzene rings is 1. The van der Waals surface area contributed by atoms with Crippen molar-refractivity contribution in [2.24, 2.45) is 0 Å². The van der Waals surface area contributed by atoms with E-state index in [0.29, 0.717) is 25.1 Å². The highest BCUT2D eigenvalue weighted by atomic mass is 16.3. The fourth-order valence-corrected chi connectivity index (χ4v) is 2.76. The number of nitrogens with one attached hydrogen (secondary N) is 2. The Morgan fingerprint density at radius 2 is 2.14 bits per heavy atom. The number of phenols is 1. The van der Waals surface area contributed by atoms with Crippen LogP contribution in [0, 0.1) is 0 Å². The first-order chi connectivity index (χ1) is 10.6. The first kappa shape index (κ1) is 16.8. The molecule has 1 aromatic carbocycles. The number of fused-ring (bicyclic) bond motifs is 1. The summed E-state index contributed by atoms with van der Waals surface area (Å²) in [5.74, 6) is 0.126. The molecular formula is C17H26N2O3. The number of aromatic hydroxyl groups is 1. The first-order valence-corrected chi connectivity index (χ1v) is 8.14. The van der Waals surface area contributed by atoms with Crippen LogP contribution in [-0.4, -0.2) is 35.3 Å². The maximum absolute atomic E-state index is 11.5. The highest BCUT2D eigenvalue weighted by molar-refractivity contribution is 5.95. The van der Waals surface area contributed by atoms with E-state index in [1.165, 1.54) is 5.56 Å². The number of unbranched alkanes of at least 4 members (excludes halogenated alkanes) is 1. The molecule has 0 fully saturated rings.